The van der Waals surface area contributed by atoms with Gasteiger partial charge in [0.1, 0.15) is 6.34 Å². The maximum Gasteiger partial charge on any atom is 0.110 e. The summed E-state index contributed by atoms with van der Waals surface area (Å²) in [6, 6.07) is 0. The predicted molar refractivity (Wildman–Crippen MR) is 55.2 cm³/mol. The molecule has 0 aromatic rings. The quantitative estimate of drug-likeness (QED) is 0.625. The number of aliphatic imine (C=N–C) groups is 2. The van der Waals surface area contributed by atoms with E-state index >= 15 is 0 Å². The van der Waals surface area contributed by atoms with E-state index in [9.17, 15) is 0 Å². The van der Waals surface area contributed by atoms with Gasteiger partial charge in [0.25, 0.3) is 0 Å². The SMILES string of the molecule is CCC1=NN=C(CC2=NC=NC2)C1. The topological polar surface area (TPSA) is 49.4 Å². The van der Waals surface area contributed by atoms with E-state index in [-0.39, 0.29) is 0 Å². The summed E-state index contributed by atoms with van der Waals surface area (Å²) in [5.74, 6) is 0. The van der Waals surface area contributed by atoms with E-state index in [1.165, 1.54) is 5.71 Å². The summed E-state index contributed by atoms with van der Waals surface area (Å²) < 4.78 is 0. The Labute approximate surface area is 77.2 Å². The van der Waals surface area contributed by atoms with Crippen LogP contribution in [0.5, 0.6) is 0 Å². The molecule has 0 spiro atoms. The molecule has 2 rings (SSSR count). The van der Waals surface area contributed by atoms with Gasteiger partial charge >= 0.3 is 0 Å². The summed E-state index contributed by atoms with van der Waals surface area (Å²) in [5.41, 5.74) is 3.40. The molecule has 4 nitrogen and oxygen atoms in total. The number of rotatable bonds is 3. The van der Waals surface area contributed by atoms with Crippen molar-refractivity contribution in [1.82, 2.24) is 0 Å². The Balaban J connectivity index is 1.86. The summed E-state index contributed by atoms with van der Waals surface area (Å²) in [7, 11) is 0. The van der Waals surface area contributed by atoms with Crippen molar-refractivity contribution in [2.24, 2.45) is 20.2 Å². The highest BCUT2D eigenvalue weighted by molar-refractivity contribution is 6.16. The van der Waals surface area contributed by atoms with Crippen LogP contribution in [-0.2, 0) is 0 Å². The van der Waals surface area contributed by atoms with Crippen molar-refractivity contribution in [1.29, 1.82) is 0 Å². The maximum absolute atomic E-state index is 4.14. The summed E-state index contributed by atoms with van der Waals surface area (Å²) in [6.07, 6.45) is 4.38. The van der Waals surface area contributed by atoms with Gasteiger partial charge in [-0.15, -0.1) is 0 Å². The van der Waals surface area contributed by atoms with E-state index in [2.05, 4.69) is 27.1 Å². The first kappa shape index (κ1) is 8.29. The third-order valence-corrected chi connectivity index (χ3v) is 2.15. The second-order valence-corrected chi connectivity index (χ2v) is 3.19. The van der Waals surface area contributed by atoms with Crippen LogP contribution in [0.1, 0.15) is 26.2 Å². The third kappa shape index (κ3) is 1.88. The van der Waals surface area contributed by atoms with E-state index in [0.717, 1.165) is 37.2 Å². The van der Waals surface area contributed by atoms with Crippen molar-refractivity contribution >= 4 is 23.5 Å². The molecule has 0 saturated carbocycles. The minimum atomic E-state index is 0.737. The van der Waals surface area contributed by atoms with Crippen LogP contribution in [0.3, 0.4) is 0 Å². The molecule has 4 heteroatoms. The molecule has 0 unspecified atom stereocenters. The zero-order valence-corrected chi connectivity index (χ0v) is 7.69. The first-order valence-corrected chi connectivity index (χ1v) is 4.53. The van der Waals surface area contributed by atoms with Crippen LogP contribution < -0.4 is 0 Å². The Hall–Kier alpha value is -1.32. The first-order chi connectivity index (χ1) is 6.38. The molecule has 0 aliphatic carbocycles. The lowest BCUT2D eigenvalue weighted by atomic mass is 10.1. The van der Waals surface area contributed by atoms with Gasteiger partial charge in [0.15, 0.2) is 0 Å². The second-order valence-electron chi connectivity index (χ2n) is 3.19. The number of hydrogen-bond donors (Lipinski definition) is 0. The highest BCUT2D eigenvalue weighted by Crippen LogP contribution is 2.09. The van der Waals surface area contributed by atoms with Crippen molar-refractivity contribution < 1.29 is 0 Å². The lowest BCUT2D eigenvalue weighted by molar-refractivity contribution is 1.19. The second kappa shape index (κ2) is 3.60. The zero-order valence-electron chi connectivity index (χ0n) is 7.69. The fourth-order valence-electron chi connectivity index (χ4n) is 1.39. The monoisotopic (exact) mass is 176 g/mol. The molecule has 0 N–H and O–H groups in total. The maximum atomic E-state index is 4.14. The predicted octanol–water partition coefficient (Wildman–Crippen LogP) is 1.47. The fraction of sp³-hybridized carbons (Fsp3) is 0.556. The van der Waals surface area contributed by atoms with Gasteiger partial charge in [0.05, 0.1) is 12.3 Å². The van der Waals surface area contributed by atoms with E-state index < -0.39 is 0 Å². The smallest absolute Gasteiger partial charge is 0.110 e. The molecule has 2 heterocycles. The normalized spacial score (nSPS) is 20.2. The van der Waals surface area contributed by atoms with Gasteiger partial charge < -0.3 is 0 Å². The molecule has 0 amide bonds. The Morgan fingerprint density at radius 2 is 2.08 bits per heavy atom. The molecule has 13 heavy (non-hydrogen) atoms. The van der Waals surface area contributed by atoms with Crippen LogP contribution in [0.15, 0.2) is 20.2 Å². The molecule has 0 radical (unpaired) electrons. The van der Waals surface area contributed by atoms with Crippen LogP contribution in [-0.4, -0.2) is 30.0 Å². The lowest BCUT2D eigenvalue weighted by Gasteiger charge is -1.98. The van der Waals surface area contributed by atoms with Crippen molar-refractivity contribution in [3.63, 3.8) is 0 Å². The Morgan fingerprint density at radius 1 is 1.23 bits per heavy atom. The highest BCUT2D eigenvalue weighted by Gasteiger charge is 2.13. The Kier molecular flexibility index (Phi) is 2.29. The molecule has 2 aliphatic heterocycles. The standard InChI is InChI=1S/C9H12N4/c1-2-7-3-8(13-12-7)4-9-5-10-6-11-9/h6H,2-5H2,1H3. The summed E-state index contributed by atoms with van der Waals surface area (Å²) in [5, 5.41) is 8.21. The van der Waals surface area contributed by atoms with E-state index in [4.69, 9.17) is 0 Å². The molecular weight excluding hydrogens is 164 g/mol. The van der Waals surface area contributed by atoms with Crippen molar-refractivity contribution in [2.75, 3.05) is 6.54 Å². The lowest BCUT2D eigenvalue weighted by Crippen LogP contribution is -2.09. The van der Waals surface area contributed by atoms with Crippen LogP contribution in [0, 0.1) is 0 Å². The number of nitrogens with zero attached hydrogens (tertiary/aromatic N) is 4. The minimum absolute atomic E-state index is 0.737. The largest absolute Gasteiger partial charge is 0.267 e. The molecule has 0 saturated heterocycles. The van der Waals surface area contributed by atoms with Crippen LogP contribution >= 0.6 is 0 Å². The Morgan fingerprint density at radius 3 is 2.69 bits per heavy atom. The van der Waals surface area contributed by atoms with Crippen LogP contribution in [0.25, 0.3) is 0 Å². The summed E-state index contributed by atoms with van der Waals surface area (Å²) in [6.45, 7) is 2.84. The Bertz CT molecular complexity index is 323. The van der Waals surface area contributed by atoms with Gasteiger partial charge in [0.2, 0.25) is 0 Å². The molecule has 0 aromatic heterocycles. The van der Waals surface area contributed by atoms with Gasteiger partial charge in [-0.1, -0.05) is 6.92 Å². The van der Waals surface area contributed by atoms with Gasteiger partial charge in [-0.3, -0.25) is 4.99 Å². The minimum Gasteiger partial charge on any atom is -0.267 e. The van der Waals surface area contributed by atoms with Crippen molar-refractivity contribution in [3.05, 3.63) is 0 Å². The first-order valence-electron chi connectivity index (χ1n) is 4.53. The third-order valence-electron chi connectivity index (χ3n) is 2.15. The fourth-order valence-corrected chi connectivity index (χ4v) is 1.39. The molecule has 0 bridgehead atoms. The molecule has 0 fully saturated rings. The zero-order chi connectivity index (χ0) is 9.10. The average molecular weight is 176 g/mol. The average Bonchev–Trinajstić information content (AvgIpc) is 2.76. The van der Waals surface area contributed by atoms with E-state index in [1.807, 2.05) is 0 Å². The van der Waals surface area contributed by atoms with Crippen molar-refractivity contribution in [2.45, 2.75) is 26.2 Å². The van der Waals surface area contributed by atoms with Gasteiger partial charge in [-0.2, -0.15) is 10.2 Å². The van der Waals surface area contributed by atoms with Crippen molar-refractivity contribution in [3.8, 4) is 0 Å². The number of hydrogen-bond acceptors (Lipinski definition) is 4. The molecular formula is C9H12N4. The molecule has 68 valence electrons. The van der Waals surface area contributed by atoms with Crippen LogP contribution in [0.2, 0.25) is 0 Å². The van der Waals surface area contributed by atoms with E-state index in [0.29, 0.717) is 0 Å². The highest BCUT2D eigenvalue weighted by atomic mass is 15.2. The van der Waals surface area contributed by atoms with Gasteiger partial charge in [-0.05, 0) is 6.42 Å². The van der Waals surface area contributed by atoms with Gasteiger partial charge in [-0.25, -0.2) is 4.99 Å². The molecule has 0 aromatic carbocycles. The summed E-state index contributed by atoms with van der Waals surface area (Å²) in [4.78, 5) is 8.17. The molecule has 0 atom stereocenters. The molecule has 2 aliphatic rings. The van der Waals surface area contributed by atoms with Gasteiger partial charge in [0, 0.05) is 24.3 Å². The van der Waals surface area contributed by atoms with Crippen LogP contribution in [0.4, 0.5) is 0 Å². The summed E-state index contributed by atoms with van der Waals surface area (Å²) >= 11 is 0. The van der Waals surface area contributed by atoms with E-state index in [1.54, 1.807) is 6.34 Å².